The van der Waals surface area contributed by atoms with Gasteiger partial charge in [-0.1, -0.05) is 18.2 Å². The van der Waals surface area contributed by atoms with Crippen LogP contribution >= 0.6 is 22.7 Å². The number of para-hydroxylation sites is 2. The maximum atomic E-state index is 13.2. The molecule has 5 rings (SSSR count). The van der Waals surface area contributed by atoms with E-state index in [1.54, 1.807) is 34.8 Å². The molecule has 0 radical (unpaired) electrons. The predicted molar refractivity (Wildman–Crippen MR) is 106 cm³/mol. The average molecular weight is 396 g/mol. The Labute approximate surface area is 163 Å². The summed E-state index contributed by atoms with van der Waals surface area (Å²) >= 11 is 3.40. The molecule has 1 atom stereocenters. The molecule has 1 amide bonds. The number of hydrogen-bond acceptors (Lipinski definition) is 5. The number of nitrogens with zero attached hydrogens (tertiary/aromatic N) is 2. The Hall–Kier alpha value is -2.64. The first kappa shape index (κ1) is 16.5. The van der Waals surface area contributed by atoms with Gasteiger partial charge in [0.15, 0.2) is 5.58 Å². The fourth-order valence-electron chi connectivity index (χ4n) is 3.73. The van der Waals surface area contributed by atoms with Gasteiger partial charge in [0.05, 0.1) is 11.6 Å². The highest BCUT2D eigenvalue weighted by Gasteiger charge is 2.33. The van der Waals surface area contributed by atoms with E-state index >= 15 is 0 Å². The van der Waals surface area contributed by atoms with Crippen LogP contribution in [0.5, 0.6) is 0 Å². The Kier molecular flexibility index (Phi) is 3.98. The Morgan fingerprint density at radius 1 is 1.11 bits per heavy atom. The van der Waals surface area contributed by atoms with E-state index in [1.807, 2.05) is 28.5 Å². The molecule has 3 aromatic heterocycles. The number of rotatable bonds is 3. The van der Waals surface area contributed by atoms with Crippen molar-refractivity contribution in [3.63, 3.8) is 0 Å². The van der Waals surface area contributed by atoms with Crippen LogP contribution in [0, 0.1) is 0 Å². The molecule has 0 spiro atoms. The molecule has 0 bridgehead atoms. The maximum Gasteiger partial charge on any atom is 0.420 e. The number of oxazole rings is 1. The number of hydrogen-bond donors (Lipinski definition) is 0. The number of benzene rings is 1. The Morgan fingerprint density at radius 2 is 2.00 bits per heavy atom. The van der Waals surface area contributed by atoms with Gasteiger partial charge >= 0.3 is 5.76 Å². The first-order chi connectivity index (χ1) is 13.2. The monoisotopic (exact) mass is 396 g/mol. The van der Waals surface area contributed by atoms with E-state index in [9.17, 15) is 9.59 Å². The number of amides is 1. The van der Waals surface area contributed by atoms with Crippen LogP contribution in [0.4, 0.5) is 0 Å². The van der Waals surface area contributed by atoms with Crippen LogP contribution in [0.1, 0.15) is 21.4 Å². The largest absolute Gasteiger partial charge is 0.420 e. The SMILES string of the molecule is O=C(Cn1c(=O)oc2ccccc21)N1CCc2sccc2[C@H]1c1cccs1. The fourth-order valence-corrected chi connectivity index (χ4v) is 5.49. The van der Waals surface area contributed by atoms with Gasteiger partial charge in [0.1, 0.15) is 6.54 Å². The normalized spacial score (nSPS) is 16.6. The van der Waals surface area contributed by atoms with Crippen molar-refractivity contribution in [2.24, 2.45) is 0 Å². The van der Waals surface area contributed by atoms with Crippen molar-refractivity contribution in [2.45, 2.75) is 19.0 Å². The lowest BCUT2D eigenvalue weighted by molar-refractivity contribution is -0.133. The van der Waals surface area contributed by atoms with Gasteiger partial charge in [-0.2, -0.15) is 0 Å². The molecule has 4 aromatic rings. The molecule has 136 valence electrons. The van der Waals surface area contributed by atoms with E-state index < -0.39 is 5.76 Å². The molecule has 1 aliphatic heterocycles. The summed E-state index contributed by atoms with van der Waals surface area (Å²) in [5.74, 6) is -0.565. The Morgan fingerprint density at radius 3 is 2.85 bits per heavy atom. The van der Waals surface area contributed by atoms with E-state index in [2.05, 4.69) is 17.5 Å². The summed E-state index contributed by atoms with van der Waals surface area (Å²) in [5, 5.41) is 4.13. The zero-order valence-electron chi connectivity index (χ0n) is 14.3. The molecule has 0 N–H and O–H groups in total. The Bertz CT molecular complexity index is 1170. The van der Waals surface area contributed by atoms with Gasteiger partial charge in [-0.25, -0.2) is 4.79 Å². The van der Waals surface area contributed by atoms with Crippen LogP contribution in [0.25, 0.3) is 11.1 Å². The van der Waals surface area contributed by atoms with Gasteiger partial charge < -0.3 is 9.32 Å². The van der Waals surface area contributed by atoms with Crippen molar-refractivity contribution >= 4 is 39.7 Å². The lowest BCUT2D eigenvalue weighted by atomic mass is 9.98. The second kappa shape index (κ2) is 6.51. The van der Waals surface area contributed by atoms with Crippen molar-refractivity contribution in [1.82, 2.24) is 9.47 Å². The summed E-state index contributed by atoms with van der Waals surface area (Å²) in [6.45, 7) is 0.636. The molecule has 5 nitrogen and oxygen atoms in total. The van der Waals surface area contributed by atoms with Gasteiger partial charge in [-0.3, -0.25) is 9.36 Å². The number of aromatic nitrogens is 1. The first-order valence-corrected chi connectivity index (χ1v) is 10.5. The highest BCUT2D eigenvalue weighted by atomic mass is 32.1. The summed E-state index contributed by atoms with van der Waals surface area (Å²) in [6.07, 6.45) is 0.849. The highest BCUT2D eigenvalue weighted by molar-refractivity contribution is 7.10. The summed E-state index contributed by atoms with van der Waals surface area (Å²) in [4.78, 5) is 29.9. The summed E-state index contributed by atoms with van der Waals surface area (Å²) < 4.78 is 6.69. The minimum Gasteiger partial charge on any atom is -0.408 e. The summed E-state index contributed by atoms with van der Waals surface area (Å²) in [7, 11) is 0. The fraction of sp³-hybridized carbons (Fsp3) is 0.200. The Balaban J connectivity index is 1.52. The van der Waals surface area contributed by atoms with Crippen LogP contribution in [-0.2, 0) is 17.8 Å². The highest BCUT2D eigenvalue weighted by Crippen LogP contribution is 2.39. The third kappa shape index (κ3) is 2.74. The number of fused-ring (bicyclic) bond motifs is 2. The molecular formula is C20H16N2O3S2. The summed E-state index contributed by atoms with van der Waals surface area (Å²) in [6, 6.07) is 13.3. The van der Waals surface area contributed by atoms with Crippen LogP contribution in [0.2, 0.25) is 0 Å². The molecule has 0 aliphatic carbocycles. The standard InChI is InChI=1S/C20H16N2O3S2/c23-18(12-22-14-4-1-2-5-15(14)25-20(22)24)21-9-7-16-13(8-11-27-16)19(21)17-6-3-10-26-17/h1-6,8,10-11,19H,7,9,12H2/t19-/m0/s1. The van der Waals surface area contributed by atoms with E-state index in [0.29, 0.717) is 17.6 Å². The molecule has 4 heterocycles. The van der Waals surface area contributed by atoms with Gasteiger partial charge in [-0.15, -0.1) is 22.7 Å². The summed E-state index contributed by atoms with van der Waals surface area (Å²) in [5.41, 5.74) is 2.35. The lowest BCUT2D eigenvalue weighted by Crippen LogP contribution is -2.42. The molecule has 0 fully saturated rings. The number of thiophene rings is 2. The first-order valence-electron chi connectivity index (χ1n) is 8.70. The zero-order valence-corrected chi connectivity index (χ0v) is 16.0. The third-order valence-corrected chi connectivity index (χ3v) is 6.89. The second-order valence-corrected chi connectivity index (χ2v) is 8.46. The molecule has 1 aromatic carbocycles. The van der Waals surface area contributed by atoms with Gasteiger partial charge in [0.25, 0.3) is 0 Å². The predicted octanol–water partition coefficient (Wildman–Crippen LogP) is 3.89. The van der Waals surface area contributed by atoms with E-state index in [-0.39, 0.29) is 18.5 Å². The molecule has 7 heteroatoms. The number of carbonyl (C=O) groups is 1. The quantitative estimate of drug-likeness (QED) is 0.528. The van der Waals surface area contributed by atoms with E-state index in [0.717, 1.165) is 11.3 Å². The third-order valence-electron chi connectivity index (χ3n) is 4.97. The van der Waals surface area contributed by atoms with Gasteiger partial charge in [0, 0.05) is 16.3 Å². The van der Waals surface area contributed by atoms with Crippen molar-refractivity contribution in [3.05, 3.63) is 79.1 Å². The topological polar surface area (TPSA) is 55.5 Å². The van der Waals surface area contributed by atoms with E-state index in [1.165, 1.54) is 15.0 Å². The molecule has 27 heavy (non-hydrogen) atoms. The molecule has 0 unspecified atom stereocenters. The number of carbonyl (C=O) groups excluding carboxylic acids is 1. The lowest BCUT2D eigenvalue weighted by Gasteiger charge is -2.35. The average Bonchev–Trinajstić information content (AvgIpc) is 3.41. The van der Waals surface area contributed by atoms with E-state index in [4.69, 9.17) is 4.42 Å². The van der Waals surface area contributed by atoms with Gasteiger partial charge in [0.2, 0.25) is 5.91 Å². The van der Waals surface area contributed by atoms with Crippen molar-refractivity contribution in [1.29, 1.82) is 0 Å². The smallest absolute Gasteiger partial charge is 0.408 e. The zero-order chi connectivity index (χ0) is 18.4. The van der Waals surface area contributed by atoms with Gasteiger partial charge in [-0.05, 0) is 47.0 Å². The van der Waals surface area contributed by atoms with Crippen LogP contribution in [0.3, 0.4) is 0 Å². The van der Waals surface area contributed by atoms with Crippen molar-refractivity contribution in [2.75, 3.05) is 6.54 Å². The maximum absolute atomic E-state index is 13.2. The molecular weight excluding hydrogens is 380 g/mol. The molecule has 1 aliphatic rings. The van der Waals surface area contributed by atoms with Crippen LogP contribution < -0.4 is 5.76 Å². The van der Waals surface area contributed by atoms with Crippen molar-refractivity contribution in [3.8, 4) is 0 Å². The van der Waals surface area contributed by atoms with Crippen LogP contribution in [0.15, 0.2) is 62.4 Å². The van der Waals surface area contributed by atoms with Crippen molar-refractivity contribution < 1.29 is 9.21 Å². The molecule has 0 saturated carbocycles. The second-order valence-electron chi connectivity index (χ2n) is 6.48. The van der Waals surface area contributed by atoms with Crippen LogP contribution in [-0.4, -0.2) is 21.9 Å². The molecule has 0 saturated heterocycles. The minimum atomic E-state index is -0.495. The minimum absolute atomic E-state index is 0.0167.